The van der Waals surface area contributed by atoms with Crippen LogP contribution in [0.1, 0.15) is 23.2 Å². The Kier molecular flexibility index (Phi) is 4.82. The summed E-state index contributed by atoms with van der Waals surface area (Å²) in [5.74, 6) is 0.786. The predicted octanol–water partition coefficient (Wildman–Crippen LogP) is 4.33. The zero-order valence-electron chi connectivity index (χ0n) is 14.5. The van der Waals surface area contributed by atoms with Gasteiger partial charge in [-0.2, -0.15) is 0 Å². The molecule has 1 amide bonds. The minimum Gasteiger partial charge on any atom is -0.374 e. The van der Waals surface area contributed by atoms with E-state index in [1.807, 2.05) is 23.1 Å². The zero-order valence-corrected chi connectivity index (χ0v) is 15.3. The van der Waals surface area contributed by atoms with Crippen LogP contribution < -0.4 is 0 Å². The van der Waals surface area contributed by atoms with Crippen LogP contribution in [0, 0.1) is 5.92 Å². The van der Waals surface area contributed by atoms with Gasteiger partial charge in [-0.3, -0.25) is 4.79 Å². The molecule has 1 atom stereocenters. The van der Waals surface area contributed by atoms with Crippen molar-refractivity contribution in [3.05, 3.63) is 54.1 Å². The van der Waals surface area contributed by atoms with Gasteiger partial charge in [-0.15, -0.1) is 11.8 Å². The molecule has 3 nitrogen and oxygen atoms in total. The van der Waals surface area contributed by atoms with E-state index in [0.29, 0.717) is 19.1 Å². The van der Waals surface area contributed by atoms with Crippen molar-refractivity contribution in [3.63, 3.8) is 0 Å². The van der Waals surface area contributed by atoms with E-state index in [1.54, 1.807) is 11.8 Å². The van der Waals surface area contributed by atoms with E-state index in [-0.39, 0.29) is 12.0 Å². The van der Waals surface area contributed by atoms with Gasteiger partial charge in [0.1, 0.15) is 0 Å². The summed E-state index contributed by atoms with van der Waals surface area (Å²) < 4.78 is 5.84. The van der Waals surface area contributed by atoms with E-state index in [2.05, 4.69) is 36.6 Å². The smallest absolute Gasteiger partial charge is 0.254 e. The number of amides is 1. The quantitative estimate of drug-likeness (QED) is 0.767. The first-order valence-electron chi connectivity index (χ1n) is 8.90. The van der Waals surface area contributed by atoms with Crippen molar-refractivity contribution in [3.8, 4) is 11.1 Å². The minimum absolute atomic E-state index is 0.122. The molecule has 1 unspecified atom stereocenters. The molecule has 0 spiro atoms. The van der Waals surface area contributed by atoms with Gasteiger partial charge < -0.3 is 9.64 Å². The van der Waals surface area contributed by atoms with Crippen LogP contribution in [0.2, 0.25) is 0 Å². The molecule has 2 aromatic rings. The molecule has 1 saturated carbocycles. The van der Waals surface area contributed by atoms with Crippen molar-refractivity contribution >= 4 is 17.7 Å². The van der Waals surface area contributed by atoms with Gasteiger partial charge in [-0.1, -0.05) is 24.3 Å². The Hall–Kier alpha value is -1.78. The Labute approximate surface area is 153 Å². The predicted molar refractivity (Wildman–Crippen MR) is 102 cm³/mol. The first-order valence-corrected chi connectivity index (χ1v) is 10.1. The largest absolute Gasteiger partial charge is 0.374 e. The second-order valence-corrected chi connectivity index (χ2v) is 7.69. The number of benzene rings is 2. The van der Waals surface area contributed by atoms with E-state index in [0.717, 1.165) is 23.2 Å². The first-order chi connectivity index (χ1) is 12.2. The van der Waals surface area contributed by atoms with Crippen LogP contribution in [0.4, 0.5) is 0 Å². The standard InChI is InChI=1S/C21H23NO2S/c1-25-19-9-7-15(8-10-19)17-3-2-4-18(13-17)21(23)22-11-12-24-20(14-22)16-5-6-16/h2-4,7-10,13,16,20H,5-6,11-12,14H2,1H3. The van der Waals surface area contributed by atoms with E-state index < -0.39 is 0 Å². The molecule has 2 fully saturated rings. The Balaban J connectivity index is 1.52. The lowest BCUT2D eigenvalue weighted by Gasteiger charge is -2.33. The maximum atomic E-state index is 12.9. The number of rotatable bonds is 4. The summed E-state index contributed by atoms with van der Waals surface area (Å²) in [7, 11) is 0. The molecule has 130 valence electrons. The summed E-state index contributed by atoms with van der Waals surface area (Å²) in [5.41, 5.74) is 3.00. The SMILES string of the molecule is CSc1ccc(-c2cccc(C(=O)N3CCOC(C4CC4)C3)c2)cc1. The molecular weight excluding hydrogens is 330 g/mol. The molecule has 1 aliphatic carbocycles. The van der Waals surface area contributed by atoms with Gasteiger partial charge in [0.15, 0.2) is 0 Å². The maximum absolute atomic E-state index is 12.9. The van der Waals surface area contributed by atoms with Crippen LogP contribution in [0.3, 0.4) is 0 Å². The third-order valence-corrected chi connectivity index (χ3v) is 5.80. The van der Waals surface area contributed by atoms with Crippen LogP contribution in [0.15, 0.2) is 53.4 Å². The van der Waals surface area contributed by atoms with Crippen LogP contribution in [0.25, 0.3) is 11.1 Å². The normalized spacial score (nSPS) is 20.5. The van der Waals surface area contributed by atoms with Gasteiger partial charge in [-0.25, -0.2) is 0 Å². The molecular formula is C21H23NO2S. The minimum atomic E-state index is 0.122. The third-order valence-electron chi connectivity index (χ3n) is 5.06. The van der Waals surface area contributed by atoms with Gasteiger partial charge in [0, 0.05) is 23.5 Å². The number of carbonyl (C=O) groups excluding carboxylic acids is 1. The van der Waals surface area contributed by atoms with Crippen LogP contribution in [0.5, 0.6) is 0 Å². The van der Waals surface area contributed by atoms with E-state index in [9.17, 15) is 4.79 Å². The fourth-order valence-corrected chi connectivity index (χ4v) is 3.82. The van der Waals surface area contributed by atoms with Crippen LogP contribution >= 0.6 is 11.8 Å². The Morgan fingerprint density at radius 2 is 1.92 bits per heavy atom. The summed E-state index contributed by atoms with van der Waals surface area (Å²) >= 11 is 1.73. The molecule has 0 N–H and O–H groups in total. The highest BCUT2D eigenvalue weighted by Crippen LogP contribution is 2.36. The molecule has 2 aromatic carbocycles. The van der Waals surface area contributed by atoms with Gasteiger partial charge in [-0.05, 0) is 60.4 Å². The second-order valence-electron chi connectivity index (χ2n) is 6.81. The Morgan fingerprint density at radius 1 is 1.12 bits per heavy atom. The highest BCUT2D eigenvalue weighted by Gasteiger charge is 2.36. The lowest BCUT2D eigenvalue weighted by atomic mass is 10.0. The molecule has 25 heavy (non-hydrogen) atoms. The van der Waals surface area contributed by atoms with Gasteiger partial charge in [0.2, 0.25) is 0 Å². The number of thioether (sulfide) groups is 1. The summed E-state index contributed by atoms with van der Waals surface area (Å²) in [6, 6.07) is 16.5. The second kappa shape index (κ2) is 7.22. The number of hydrogen-bond donors (Lipinski definition) is 0. The highest BCUT2D eigenvalue weighted by molar-refractivity contribution is 7.98. The number of morpholine rings is 1. The highest BCUT2D eigenvalue weighted by atomic mass is 32.2. The first kappa shape index (κ1) is 16.7. The van der Waals surface area contributed by atoms with Crippen molar-refractivity contribution in [2.24, 2.45) is 5.92 Å². The van der Waals surface area contributed by atoms with E-state index in [1.165, 1.54) is 17.7 Å². The summed E-state index contributed by atoms with van der Waals surface area (Å²) in [4.78, 5) is 16.1. The summed E-state index contributed by atoms with van der Waals surface area (Å²) in [6.45, 7) is 2.08. The topological polar surface area (TPSA) is 29.5 Å². The molecule has 1 aliphatic heterocycles. The third kappa shape index (κ3) is 3.75. The average molecular weight is 353 g/mol. The fourth-order valence-electron chi connectivity index (χ4n) is 3.41. The van der Waals surface area contributed by atoms with Crippen molar-refractivity contribution in [2.45, 2.75) is 23.8 Å². The molecule has 0 radical (unpaired) electrons. The lowest BCUT2D eigenvalue weighted by Crippen LogP contribution is -2.46. The molecule has 4 heteroatoms. The Bertz CT molecular complexity index is 755. The maximum Gasteiger partial charge on any atom is 0.254 e. The van der Waals surface area contributed by atoms with Crippen molar-refractivity contribution in [2.75, 3.05) is 26.0 Å². The van der Waals surface area contributed by atoms with Crippen molar-refractivity contribution in [1.82, 2.24) is 4.90 Å². The molecule has 1 saturated heterocycles. The van der Waals surface area contributed by atoms with Gasteiger partial charge in [0.25, 0.3) is 5.91 Å². The summed E-state index contributed by atoms with van der Waals surface area (Å²) in [5, 5.41) is 0. The van der Waals surface area contributed by atoms with Gasteiger partial charge >= 0.3 is 0 Å². The van der Waals surface area contributed by atoms with Crippen LogP contribution in [-0.2, 0) is 4.74 Å². The van der Waals surface area contributed by atoms with Crippen LogP contribution in [-0.4, -0.2) is 42.9 Å². The van der Waals surface area contributed by atoms with Crippen molar-refractivity contribution < 1.29 is 9.53 Å². The zero-order chi connectivity index (χ0) is 17.2. The van der Waals surface area contributed by atoms with E-state index >= 15 is 0 Å². The monoisotopic (exact) mass is 353 g/mol. The molecule has 4 rings (SSSR count). The Morgan fingerprint density at radius 3 is 2.64 bits per heavy atom. The number of ether oxygens (including phenoxy) is 1. The number of carbonyl (C=O) groups is 1. The number of nitrogens with zero attached hydrogens (tertiary/aromatic N) is 1. The van der Waals surface area contributed by atoms with Gasteiger partial charge in [0.05, 0.1) is 12.7 Å². The molecule has 2 aliphatic rings. The molecule has 0 bridgehead atoms. The average Bonchev–Trinajstić information content (AvgIpc) is 3.53. The molecule has 1 heterocycles. The summed E-state index contributed by atoms with van der Waals surface area (Å²) in [6.07, 6.45) is 4.80. The molecule has 0 aromatic heterocycles. The van der Waals surface area contributed by atoms with Crippen molar-refractivity contribution in [1.29, 1.82) is 0 Å². The number of hydrogen-bond acceptors (Lipinski definition) is 3. The van der Waals surface area contributed by atoms with E-state index in [4.69, 9.17) is 4.74 Å². The fraction of sp³-hybridized carbons (Fsp3) is 0.381. The lowest BCUT2D eigenvalue weighted by molar-refractivity contribution is -0.0313.